The van der Waals surface area contributed by atoms with Crippen molar-refractivity contribution in [1.82, 2.24) is 15.3 Å². The van der Waals surface area contributed by atoms with Crippen LogP contribution in [0, 0.1) is 0 Å². The quantitative estimate of drug-likeness (QED) is 0.592. The SMILES string of the molecule is Sc1ccc2c(ccc3[nH]c(C4CCCN4)nc32)c1. The van der Waals surface area contributed by atoms with Gasteiger partial charge in [0, 0.05) is 10.3 Å². The zero-order valence-electron chi connectivity index (χ0n) is 10.5. The standard InChI is InChI=1S/C15H15N3S/c19-10-4-5-11-9(8-10)3-6-12-14(11)18-15(17-12)13-2-1-7-16-13/h3-6,8,13,16,19H,1-2,7H2,(H,17,18). The second kappa shape index (κ2) is 4.25. The highest BCUT2D eigenvalue weighted by atomic mass is 32.1. The van der Waals surface area contributed by atoms with Crippen molar-refractivity contribution in [2.24, 2.45) is 0 Å². The Labute approximate surface area is 116 Å². The van der Waals surface area contributed by atoms with Crippen LogP contribution in [-0.2, 0) is 0 Å². The number of hydrogen-bond donors (Lipinski definition) is 3. The van der Waals surface area contributed by atoms with Crippen LogP contribution >= 0.6 is 12.6 Å². The maximum atomic E-state index is 4.81. The molecule has 0 spiro atoms. The second-order valence-electron chi connectivity index (χ2n) is 5.14. The average Bonchev–Trinajstić information content (AvgIpc) is 3.06. The number of fused-ring (bicyclic) bond motifs is 3. The summed E-state index contributed by atoms with van der Waals surface area (Å²) in [5, 5.41) is 5.87. The third-order valence-electron chi connectivity index (χ3n) is 3.86. The van der Waals surface area contributed by atoms with Gasteiger partial charge in [0.05, 0.1) is 17.1 Å². The Morgan fingerprint density at radius 2 is 2.16 bits per heavy atom. The fourth-order valence-electron chi connectivity index (χ4n) is 2.89. The lowest BCUT2D eigenvalue weighted by Gasteiger charge is -2.04. The molecule has 3 nitrogen and oxygen atoms in total. The first-order valence-electron chi connectivity index (χ1n) is 6.66. The first-order chi connectivity index (χ1) is 9.31. The summed E-state index contributed by atoms with van der Waals surface area (Å²) in [5.41, 5.74) is 2.18. The summed E-state index contributed by atoms with van der Waals surface area (Å²) in [7, 11) is 0. The zero-order chi connectivity index (χ0) is 12.8. The van der Waals surface area contributed by atoms with E-state index in [1.54, 1.807) is 0 Å². The van der Waals surface area contributed by atoms with Crippen molar-refractivity contribution in [2.45, 2.75) is 23.8 Å². The molecule has 3 aromatic rings. The van der Waals surface area contributed by atoms with Crippen molar-refractivity contribution < 1.29 is 0 Å². The predicted molar refractivity (Wildman–Crippen MR) is 80.8 cm³/mol. The molecule has 1 atom stereocenters. The molecule has 96 valence electrons. The predicted octanol–water partition coefficient (Wildman–Crippen LogP) is 3.43. The molecule has 4 rings (SSSR count). The van der Waals surface area contributed by atoms with Gasteiger partial charge in [-0.3, -0.25) is 0 Å². The van der Waals surface area contributed by atoms with Gasteiger partial charge in [0.2, 0.25) is 0 Å². The zero-order valence-corrected chi connectivity index (χ0v) is 11.4. The first-order valence-corrected chi connectivity index (χ1v) is 7.11. The van der Waals surface area contributed by atoms with E-state index < -0.39 is 0 Å². The highest BCUT2D eigenvalue weighted by Crippen LogP contribution is 2.28. The summed E-state index contributed by atoms with van der Waals surface area (Å²) >= 11 is 4.39. The molecule has 0 amide bonds. The molecule has 4 heteroatoms. The number of nitrogens with one attached hydrogen (secondary N) is 2. The van der Waals surface area contributed by atoms with Gasteiger partial charge in [-0.2, -0.15) is 0 Å². The number of thiol groups is 1. The van der Waals surface area contributed by atoms with Crippen LogP contribution in [0.1, 0.15) is 24.7 Å². The van der Waals surface area contributed by atoms with Gasteiger partial charge in [-0.05, 0) is 43.0 Å². The summed E-state index contributed by atoms with van der Waals surface area (Å²) < 4.78 is 0. The molecule has 1 unspecified atom stereocenters. The number of aromatic nitrogens is 2. The highest BCUT2D eigenvalue weighted by Gasteiger charge is 2.19. The van der Waals surface area contributed by atoms with Crippen LogP contribution in [0.3, 0.4) is 0 Å². The Morgan fingerprint density at radius 1 is 1.21 bits per heavy atom. The lowest BCUT2D eigenvalue weighted by molar-refractivity contribution is 0.614. The summed E-state index contributed by atoms with van der Waals surface area (Å²) in [6.07, 6.45) is 2.39. The van der Waals surface area contributed by atoms with E-state index in [1.807, 2.05) is 6.07 Å². The van der Waals surface area contributed by atoms with E-state index in [0.717, 1.165) is 28.3 Å². The molecule has 1 saturated heterocycles. The normalized spacial score (nSPS) is 19.5. The van der Waals surface area contributed by atoms with Crippen molar-refractivity contribution in [2.75, 3.05) is 6.54 Å². The summed E-state index contributed by atoms with van der Waals surface area (Å²) in [5.74, 6) is 1.06. The number of H-pyrrole nitrogens is 1. The van der Waals surface area contributed by atoms with E-state index >= 15 is 0 Å². The van der Waals surface area contributed by atoms with E-state index in [-0.39, 0.29) is 0 Å². The molecule has 1 aliphatic heterocycles. The Bertz CT molecular complexity index is 757. The fourth-order valence-corrected chi connectivity index (χ4v) is 3.11. The Morgan fingerprint density at radius 3 is 3.00 bits per heavy atom. The monoisotopic (exact) mass is 269 g/mol. The van der Waals surface area contributed by atoms with Crippen molar-refractivity contribution in [3.8, 4) is 0 Å². The maximum absolute atomic E-state index is 4.81. The van der Waals surface area contributed by atoms with E-state index in [9.17, 15) is 0 Å². The number of rotatable bonds is 1. The van der Waals surface area contributed by atoms with Crippen molar-refractivity contribution >= 4 is 34.4 Å². The molecule has 0 saturated carbocycles. The molecule has 0 radical (unpaired) electrons. The minimum absolute atomic E-state index is 0.381. The molecular formula is C15H15N3S. The largest absolute Gasteiger partial charge is 0.341 e. The molecule has 2 N–H and O–H groups in total. The van der Waals surface area contributed by atoms with E-state index in [0.29, 0.717) is 6.04 Å². The fraction of sp³-hybridized carbons (Fsp3) is 0.267. The number of imidazole rings is 1. The van der Waals surface area contributed by atoms with Crippen LogP contribution in [0.2, 0.25) is 0 Å². The summed E-state index contributed by atoms with van der Waals surface area (Å²) in [4.78, 5) is 9.25. The topological polar surface area (TPSA) is 40.7 Å². The number of hydrogen-bond acceptors (Lipinski definition) is 3. The van der Waals surface area contributed by atoms with Crippen LogP contribution in [0.5, 0.6) is 0 Å². The number of nitrogens with zero attached hydrogens (tertiary/aromatic N) is 1. The number of aromatic amines is 1. The lowest BCUT2D eigenvalue weighted by atomic mass is 10.1. The maximum Gasteiger partial charge on any atom is 0.124 e. The van der Waals surface area contributed by atoms with E-state index in [2.05, 4.69) is 47.2 Å². The van der Waals surface area contributed by atoms with Gasteiger partial charge in [-0.15, -0.1) is 12.6 Å². The molecule has 0 bridgehead atoms. The van der Waals surface area contributed by atoms with E-state index in [1.165, 1.54) is 23.6 Å². The first kappa shape index (κ1) is 11.3. The third kappa shape index (κ3) is 1.83. The second-order valence-corrected chi connectivity index (χ2v) is 5.65. The van der Waals surface area contributed by atoms with Gasteiger partial charge in [0.1, 0.15) is 5.82 Å². The highest BCUT2D eigenvalue weighted by molar-refractivity contribution is 7.80. The van der Waals surface area contributed by atoms with Gasteiger partial charge in [0.25, 0.3) is 0 Å². The molecule has 0 aliphatic carbocycles. The molecular weight excluding hydrogens is 254 g/mol. The molecule has 1 fully saturated rings. The number of benzene rings is 2. The summed E-state index contributed by atoms with van der Waals surface area (Å²) in [6.45, 7) is 1.09. The molecule has 19 heavy (non-hydrogen) atoms. The van der Waals surface area contributed by atoms with Gasteiger partial charge >= 0.3 is 0 Å². The third-order valence-corrected chi connectivity index (χ3v) is 4.14. The minimum Gasteiger partial charge on any atom is -0.341 e. The van der Waals surface area contributed by atoms with Crippen LogP contribution in [0.25, 0.3) is 21.8 Å². The van der Waals surface area contributed by atoms with Gasteiger partial charge in [0.15, 0.2) is 0 Å². The Hall–Kier alpha value is -1.52. The molecule has 1 aromatic heterocycles. The van der Waals surface area contributed by atoms with Gasteiger partial charge in [-0.1, -0.05) is 12.1 Å². The van der Waals surface area contributed by atoms with E-state index in [4.69, 9.17) is 4.98 Å². The van der Waals surface area contributed by atoms with Crippen molar-refractivity contribution in [3.63, 3.8) is 0 Å². The van der Waals surface area contributed by atoms with Crippen molar-refractivity contribution in [1.29, 1.82) is 0 Å². The smallest absolute Gasteiger partial charge is 0.124 e. The lowest BCUT2D eigenvalue weighted by Crippen LogP contribution is -2.13. The molecule has 2 heterocycles. The van der Waals surface area contributed by atoms with Crippen molar-refractivity contribution in [3.05, 3.63) is 36.2 Å². The molecule has 2 aromatic carbocycles. The van der Waals surface area contributed by atoms with Crippen LogP contribution in [0.4, 0.5) is 0 Å². The molecule has 1 aliphatic rings. The summed E-state index contributed by atoms with van der Waals surface area (Å²) in [6, 6.07) is 10.8. The van der Waals surface area contributed by atoms with Crippen LogP contribution in [-0.4, -0.2) is 16.5 Å². The average molecular weight is 269 g/mol. The minimum atomic E-state index is 0.381. The van der Waals surface area contributed by atoms with Crippen LogP contribution < -0.4 is 5.32 Å². The Balaban J connectivity index is 1.94. The van der Waals surface area contributed by atoms with Gasteiger partial charge in [-0.25, -0.2) is 4.98 Å². The van der Waals surface area contributed by atoms with Gasteiger partial charge < -0.3 is 10.3 Å². The Kier molecular flexibility index (Phi) is 2.53. The van der Waals surface area contributed by atoms with Crippen LogP contribution in [0.15, 0.2) is 35.2 Å².